The fourth-order valence-corrected chi connectivity index (χ4v) is 3.20. The molecular formula is C24H20ClNO2. The topological polar surface area (TPSA) is 38.6 Å². The maximum Gasteiger partial charge on any atom is 0.400 e. The largest absolute Gasteiger partial charge is 0.406 e. The van der Waals surface area contributed by atoms with Crippen LogP contribution in [0.3, 0.4) is 0 Å². The van der Waals surface area contributed by atoms with E-state index in [4.69, 9.17) is 20.4 Å². The Balaban J connectivity index is 1.89. The predicted molar refractivity (Wildman–Crippen MR) is 113 cm³/mol. The molecule has 4 heteroatoms. The Morgan fingerprint density at radius 3 is 1.57 bits per heavy atom. The fourth-order valence-electron chi connectivity index (χ4n) is 2.92. The predicted octanol–water partition coefficient (Wildman–Crippen LogP) is 7.02. The molecule has 0 saturated heterocycles. The van der Waals surface area contributed by atoms with E-state index in [0.29, 0.717) is 22.2 Å². The van der Waals surface area contributed by atoms with E-state index in [-0.39, 0.29) is 5.75 Å². The van der Waals surface area contributed by atoms with Gasteiger partial charge in [0.25, 0.3) is 0 Å². The summed E-state index contributed by atoms with van der Waals surface area (Å²) in [4.78, 5) is 4.48. The number of nitrogens with zero attached hydrogens (tertiary/aromatic N) is 1. The second kappa shape index (κ2) is 7.53. The van der Waals surface area contributed by atoms with Gasteiger partial charge < -0.3 is 8.83 Å². The normalized spacial score (nSPS) is 10.9. The Kier molecular flexibility index (Phi) is 4.93. The van der Waals surface area contributed by atoms with Crippen LogP contribution in [-0.4, -0.2) is 0 Å². The molecule has 0 N–H and O–H groups in total. The van der Waals surface area contributed by atoms with Crippen LogP contribution in [0.4, 0.5) is 5.69 Å². The van der Waals surface area contributed by atoms with E-state index in [9.17, 15) is 0 Å². The van der Waals surface area contributed by atoms with Gasteiger partial charge in [-0.1, -0.05) is 77.3 Å². The van der Waals surface area contributed by atoms with E-state index in [2.05, 4.69) is 18.8 Å². The minimum Gasteiger partial charge on any atom is -0.406 e. The van der Waals surface area contributed by atoms with Crippen molar-refractivity contribution in [3.8, 4) is 22.6 Å². The zero-order valence-electron chi connectivity index (χ0n) is 16.0. The molecule has 4 rings (SSSR count). The highest BCUT2D eigenvalue weighted by Gasteiger charge is 2.16. The monoisotopic (exact) mass is 389 g/mol. The van der Waals surface area contributed by atoms with Crippen molar-refractivity contribution in [2.45, 2.75) is 20.8 Å². The van der Waals surface area contributed by atoms with E-state index in [1.165, 1.54) is 11.1 Å². The SMILES string of the molecule is Cc1ccc(-c2oc(=Nc3ccc(C)cc3Cl)oc2-c2ccc(C)cc2)cc1. The first-order valence-electron chi connectivity index (χ1n) is 9.08. The van der Waals surface area contributed by atoms with E-state index in [0.717, 1.165) is 16.7 Å². The lowest BCUT2D eigenvalue weighted by Gasteiger charge is -2.01. The van der Waals surface area contributed by atoms with Crippen LogP contribution in [0.2, 0.25) is 5.02 Å². The van der Waals surface area contributed by atoms with Crippen LogP contribution in [0.5, 0.6) is 0 Å². The van der Waals surface area contributed by atoms with Crippen LogP contribution < -0.4 is 5.75 Å². The summed E-state index contributed by atoms with van der Waals surface area (Å²) in [5.41, 5.74) is 5.90. The number of hydrogen-bond acceptors (Lipinski definition) is 3. The Morgan fingerprint density at radius 2 is 1.11 bits per heavy atom. The van der Waals surface area contributed by atoms with Gasteiger partial charge in [-0.15, -0.1) is 0 Å². The number of hydrogen-bond donors (Lipinski definition) is 0. The van der Waals surface area contributed by atoms with E-state index >= 15 is 0 Å². The highest BCUT2D eigenvalue weighted by molar-refractivity contribution is 6.33. The molecule has 0 fully saturated rings. The van der Waals surface area contributed by atoms with E-state index in [1.54, 1.807) is 0 Å². The van der Waals surface area contributed by atoms with Crippen LogP contribution in [0.25, 0.3) is 22.6 Å². The first-order chi connectivity index (χ1) is 13.5. The van der Waals surface area contributed by atoms with Gasteiger partial charge in [-0.25, -0.2) is 0 Å². The lowest BCUT2D eigenvalue weighted by molar-refractivity contribution is 0.376. The summed E-state index contributed by atoms with van der Waals surface area (Å²) in [7, 11) is 0. The van der Waals surface area contributed by atoms with Gasteiger partial charge in [-0.3, -0.25) is 0 Å². The summed E-state index contributed by atoms with van der Waals surface area (Å²) in [5.74, 6) is 1.45. The first-order valence-corrected chi connectivity index (χ1v) is 9.46. The summed E-state index contributed by atoms with van der Waals surface area (Å²) >= 11 is 6.32. The van der Waals surface area contributed by atoms with Gasteiger partial charge in [-0.05, 0) is 38.5 Å². The molecule has 0 aliphatic rings. The fraction of sp³-hybridized carbons (Fsp3) is 0.125. The highest BCUT2D eigenvalue weighted by Crippen LogP contribution is 2.32. The van der Waals surface area contributed by atoms with Gasteiger partial charge >= 0.3 is 5.75 Å². The van der Waals surface area contributed by atoms with Gasteiger partial charge in [0.1, 0.15) is 0 Å². The quantitative estimate of drug-likeness (QED) is 0.377. The molecule has 0 amide bonds. The van der Waals surface area contributed by atoms with Crippen molar-refractivity contribution in [1.82, 2.24) is 0 Å². The van der Waals surface area contributed by atoms with E-state index < -0.39 is 0 Å². The Hall–Kier alpha value is -3.04. The average molecular weight is 390 g/mol. The van der Waals surface area contributed by atoms with E-state index in [1.807, 2.05) is 73.7 Å². The Bertz CT molecular complexity index is 1120. The molecule has 3 nitrogen and oxygen atoms in total. The molecule has 28 heavy (non-hydrogen) atoms. The second-order valence-corrected chi connectivity index (χ2v) is 7.33. The van der Waals surface area contributed by atoms with Crippen molar-refractivity contribution < 1.29 is 8.83 Å². The van der Waals surface area contributed by atoms with Crippen LogP contribution in [0.15, 0.2) is 80.6 Å². The smallest absolute Gasteiger partial charge is 0.400 e. The van der Waals surface area contributed by atoms with Crippen molar-refractivity contribution >= 4 is 17.3 Å². The zero-order chi connectivity index (χ0) is 19.7. The molecule has 0 unspecified atom stereocenters. The molecule has 0 aliphatic carbocycles. The van der Waals surface area contributed by atoms with Crippen molar-refractivity contribution in [3.05, 3.63) is 94.2 Å². The maximum atomic E-state index is 6.32. The summed E-state index contributed by atoms with van der Waals surface area (Å²) in [6.45, 7) is 6.09. The van der Waals surface area contributed by atoms with Crippen LogP contribution in [0.1, 0.15) is 16.7 Å². The molecule has 0 saturated carbocycles. The average Bonchev–Trinajstić information content (AvgIpc) is 3.09. The first kappa shape index (κ1) is 18.3. The third-order valence-electron chi connectivity index (χ3n) is 4.53. The third kappa shape index (κ3) is 3.80. The van der Waals surface area contributed by atoms with Crippen LogP contribution in [0, 0.1) is 20.8 Å². The van der Waals surface area contributed by atoms with Gasteiger partial charge in [-0.2, -0.15) is 4.99 Å². The van der Waals surface area contributed by atoms with Crippen LogP contribution in [-0.2, 0) is 0 Å². The number of benzene rings is 3. The summed E-state index contributed by atoms with van der Waals surface area (Å²) in [6.07, 6.45) is 0. The second-order valence-electron chi connectivity index (χ2n) is 6.93. The molecule has 3 aromatic carbocycles. The lowest BCUT2D eigenvalue weighted by atomic mass is 10.0. The van der Waals surface area contributed by atoms with Gasteiger partial charge in [0, 0.05) is 11.1 Å². The lowest BCUT2D eigenvalue weighted by Crippen LogP contribution is -1.92. The summed E-state index contributed by atoms with van der Waals surface area (Å²) < 4.78 is 12.0. The molecule has 1 aromatic heterocycles. The zero-order valence-corrected chi connectivity index (χ0v) is 16.7. The van der Waals surface area contributed by atoms with Crippen molar-refractivity contribution in [2.75, 3.05) is 0 Å². The number of aryl methyl sites for hydroxylation is 3. The van der Waals surface area contributed by atoms with Crippen molar-refractivity contribution in [1.29, 1.82) is 0 Å². The molecule has 0 radical (unpaired) electrons. The summed E-state index contributed by atoms with van der Waals surface area (Å²) in [6, 6.07) is 21.9. The minimum absolute atomic E-state index is 0.164. The standard InChI is InChI=1S/C24H20ClNO2/c1-15-4-9-18(10-5-15)22-23(19-11-6-16(2)7-12-19)28-24(27-22)26-21-13-8-17(3)14-20(21)25/h4-14H,1-3H3. The molecule has 0 bridgehead atoms. The number of rotatable bonds is 3. The molecular weight excluding hydrogens is 370 g/mol. The molecule has 0 aliphatic heterocycles. The third-order valence-corrected chi connectivity index (χ3v) is 4.83. The molecule has 0 spiro atoms. The molecule has 0 atom stereocenters. The van der Waals surface area contributed by atoms with Gasteiger partial charge in [0.05, 0.1) is 10.7 Å². The van der Waals surface area contributed by atoms with Gasteiger partial charge in [0.15, 0.2) is 11.5 Å². The number of halogens is 1. The molecule has 140 valence electrons. The Morgan fingerprint density at radius 1 is 0.643 bits per heavy atom. The maximum absolute atomic E-state index is 6.32. The highest BCUT2D eigenvalue weighted by atomic mass is 35.5. The van der Waals surface area contributed by atoms with Crippen molar-refractivity contribution in [3.63, 3.8) is 0 Å². The molecule has 1 heterocycles. The van der Waals surface area contributed by atoms with Crippen molar-refractivity contribution in [2.24, 2.45) is 4.99 Å². The minimum atomic E-state index is 0.164. The Labute approximate surface area is 168 Å². The van der Waals surface area contributed by atoms with Crippen LogP contribution >= 0.6 is 11.6 Å². The van der Waals surface area contributed by atoms with Gasteiger partial charge in [0.2, 0.25) is 0 Å². The summed E-state index contributed by atoms with van der Waals surface area (Å²) in [5, 5.41) is 0.556. The molecule has 4 aromatic rings.